The van der Waals surface area contributed by atoms with Gasteiger partial charge in [-0.1, -0.05) is 19.8 Å². The summed E-state index contributed by atoms with van der Waals surface area (Å²) in [6, 6.07) is 0.883. The normalized spacial score (nSPS) is 26.7. The maximum Gasteiger partial charge on any atom is 0.234 e. The third kappa shape index (κ3) is 6.22. The molecule has 2 aliphatic carbocycles. The fourth-order valence-electron chi connectivity index (χ4n) is 5.38. The van der Waals surface area contributed by atoms with Gasteiger partial charge in [0.1, 0.15) is 0 Å². The highest BCUT2D eigenvalue weighted by molar-refractivity contribution is 14.0. The number of guanidine groups is 1. The molecular formula is C22H42IN5O2. The van der Waals surface area contributed by atoms with Gasteiger partial charge < -0.3 is 20.7 Å². The van der Waals surface area contributed by atoms with Crippen LogP contribution in [0.1, 0.15) is 65.2 Å². The largest absolute Gasteiger partial charge is 0.378 e. The Balaban J connectivity index is 0.00000320. The number of halogens is 1. The van der Waals surface area contributed by atoms with Crippen molar-refractivity contribution in [2.75, 3.05) is 39.8 Å². The molecule has 1 spiro atoms. The summed E-state index contributed by atoms with van der Waals surface area (Å²) in [5.74, 6) is 1.07. The number of nitrogens with zero attached hydrogens (tertiary/aromatic N) is 2. The standard InChI is InChI=1S/C22H41N5O2.HI/c1-4-12-24-20(28)16-27-13-8-17(9-14-27)25-21(23-3)26-18-15-19(29-5-2)22(18)10-6-7-11-22;/h17-19H,4-16H2,1-3H3,(H,24,28)(H2,23,25,26);1H. The summed E-state index contributed by atoms with van der Waals surface area (Å²) in [6.45, 7) is 8.18. The Morgan fingerprint density at radius 2 is 1.87 bits per heavy atom. The number of likely N-dealkylation sites (tertiary alicyclic amines) is 1. The summed E-state index contributed by atoms with van der Waals surface area (Å²) in [7, 11) is 1.86. The molecule has 3 fully saturated rings. The van der Waals surface area contributed by atoms with Gasteiger partial charge in [-0.05, 0) is 45.4 Å². The Hall–Kier alpha value is -0.610. The summed E-state index contributed by atoms with van der Waals surface area (Å²) >= 11 is 0. The Morgan fingerprint density at radius 1 is 1.17 bits per heavy atom. The van der Waals surface area contributed by atoms with Gasteiger partial charge in [0.05, 0.1) is 12.6 Å². The Kier molecular flexibility index (Phi) is 10.6. The molecule has 2 saturated carbocycles. The van der Waals surface area contributed by atoms with E-state index in [-0.39, 0.29) is 29.9 Å². The van der Waals surface area contributed by atoms with Crippen LogP contribution in [0.3, 0.4) is 0 Å². The van der Waals surface area contributed by atoms with Gasteiger partial charge in [-0.3, -0.25) is 14.7 Å². The number of amides is 1. The van der Waals surface area contributed by atoms with E-state index < -0.39 is 0 Å². The van der Waals surface area contributed by atoms with Gasteiger partial charge in [0, 0.05) is 50.8 Å². The van der Waals surface area contributed by atoms with Crippen molar-refractivity contribution in [3.05, 3.63) is 0 Å². The number of carbonyl (C=O) groups excluding carboxylic acids is 1. The summed E-state index contributed by atoms with van der Waals surface area (Å²) in [5, 5.41) is 10.3. The molecule has 1 heterocycles. The van der Waals surface area contributed by atoms with Crippen LogP contribution in [0.4, 0.5) is 0 Å². The van der Waals surface area contributed by atoms with Gasteiger partial charge in [-0.15, -0.1) is 24.0 Å². The zero-order chi connectivity index (χ0) is 20.7. The van der Waals surface area contributed by atoms with E-state index in [2.05, 4.69) is 39.7 Å². The van der Waals surface area contributed by atoms with Crippen LogP contribution in [-0.2, 0) is 9.53 Å². The van der Waals surface area contributed by atoms with Crippen molar-refractivity contribution < 1.29 is 9.53 Å². The highest BCUT2D eigenvalue weighted by atomic mass is 127. The molecule has 2 atom stereocenters. The van der Waals surface area contributed by atoms with Crippen LogP contribution in [0.15, 0.2) is 4.99 Å². The molecule has 8 heteroatoms. The van der Waals surface area contributed by atoms with Crippen molar-refractivity contribution in [3.8, 4) is 0 Å². The van der Waals surface area contributed by atoms with Gasteiger partial charge in [0.25, 0.3) is 0 Å². The second-order valence-corrected chi connectivity index (χ2v) is 8.93. The first-order valence-electron chi connectivity index (χ1n) is 11.7. The summed E-state index contributed by atoms with van der Waals surface area (Å²) in [5.41, 5.74) is 0.308. The fourth-order valence-corrected chi connectivity index (χ4v) is 5.38. The molecule has 0 aromatic rings. The molecule has 30 heavy (non-hydrogen) atoms. The van der Waals surface area contributed by atoms with E-state index in [0.29, 0.717) is 30.1 Å². The molecule has 0 bridgehead atoms. The molecular weight excluding hydrogens is 493 g/mol. The van der Waals surface area contributed by atoms with Crippen molar-refractivity contribution in [2.45, 2.75) is 83.4 Å². The summed E-state index contributed by atoms with van der Waals surface area (Å²) < 4.78 is 6.04. The van der Waals surface area contributed by atoms with Crippen LogP contribution in [0, 0.1) is 5.41 Å². The van der Waals surface area contributed by atoms with Crippen LogP contribution in [0.2, 0.25) is 0 Å². The van der Waals surface area contributed by atoms with Gasteiger partial charge >= 0.3 is 0 Å². The molecule has 1 saturated heterocycles. The number of hydrogen-bond donors (Lipinski definition) is 3. The molecule has 2 unspecified atom stereocenters. The lowest BCUT2D eigenvalue weighted by atomic mass is 9.60. The quantitative estimate of drug-likeness (QED) is 0.253. The molecule has 3 N–H and O–H groups in total. The molecule has 0 radical (unpaired) electrons. The van der Waals surface area contributed by atoms with Gasteiger partial charge in [-0.2, -0.15) is 0 Å². The van der Waals surface area contributed by atoms with Gasteiger partial charge in [0.15, 0.2) is 5.96 Å². The average Bonchev–Trinajstić information content (AvgIpc) is 3.25. The Bertz CT molecular complexity index is 560. The molecule has 3 rings (SSSR count). The first-order chi connectivity index (χ1) is 14.1. The second kappa shape index (κ2) is 12.4. The number of hydrogen-bond acceptors (Lipinski definition) is 4. The minimum absolute atomic E-state index is 0. The van der Waals surface area contributed by atoms with E-state index >= 15 is 0 Å². The van der Waals surface area contributed by atoms with E-state index in [4.69, 9.17) is 4.74 Å². The van der Waals surface area contributed by atoms with E-state index in [1.54, 1.807) is 0 Å². The highest BCUT2D eigenvalue weighted by Crippen LogP contribution is 2.54. The second-order valence-electron chi connectivity index (χ2n) is 8.93. The average molecular weight is 536 g/mol. The Labute approximate surface area is 199 Å². The number of aliphatic imine (C=N–C) groups is 1. The molecule has 7 nitrogen and oxygen atoms in total. The predicted molar refractivity (Wildman–Crippen MR) is 133 cm³/mol. The van der Waals surface area contributed by atoms with Crippen LogP contribution in [0.25, 0.3) is 0 Å². The van der Waals surface area contributed by atoms with Gasteiger partial charge in [0.2, 0.25) is 5.91 Å². The minimum Gasteiger partial charge on any atom is -0.378 e. The van der Waals surface area contributed by atoms with E-state index in [9.17, 15) is 4.79 Å². The van der Waals surface area contributed by atoms with Crippen molar-refractivity contribution >= 4 is 35.8 Å². The van der Waals surface area contributed by atoms with Crippen molar-refractivity contribution in [1.29, 1.82) is 0 Å². The maximum atomic E-state index is 11.9. The number of carbonyl (C=O) groups is 1. The highest BCUT2D eigenvalue weighted by Gasteiger charge is 2.57. The van der Waals surface area contributed by atoms with Crippen molar-refractivity contribution in [1.82, 2.24) is 20.9 Å². The smallest absolute Gasteiger partial charge is 0.234 e. The van der Waals surface area contributed by atoms with E-state index in [1.807, 2.05) is 7.05 Å². The molecule has 1 amide bonds. The lowest BCUT2D eigenvalue weighted by Crippen LogP contribution is -2.65. The number of piperidine rings is 1. The molecule has 0 aromatic carbocycles. The van der Waals surface area contributed by atoms with Gasteiger partial charge in [-0.25, -0.2) is 0 Å². The van der Waals surface area contributed by atoms with Crippen LogP contribution in [0.5, 0.6) is 0 Å². The predicted octanol–water partition coefficient (Wildman–Crippen LogP) is 2.50. The van der Waals surface area contributed by atoms with E-state index in [0.717, 1.165) is 57.9 Å². The minimum atomic E-state index is 0. The molecule has 3 aliphatic rings. The number of ether oxygens (including phenoxy) is 1. The fraction of sp³-hybridized carbons (Fsp3) is 0.909. The summed E-state index contributed by atoms with van der Waals surface area (Å²) in [4.78, 5) is 18.7. The lowest BCUT2D eigenvalue weighted by Gasteiger charge is -2.54. The van der Waals surface area contributed by atoms with Crippen LogP contribution >= 0.6 is 24.0 Å². The zero-order valence-electron chi connectivity index (χ0n) is 19.0. The molecule has 174 valence electrons. The molecule has 1 aliphatic heterocycles. The summed E-state index contributed by atoms with van der Waals surface area (Å²) in [6.07, 6.45) is 9.73. The van der Waals surface area contributed by atoms with Crippen molar-refractivity contribution in [3.63, 3.8) is 0 Å². The zero-order valence-corrected chi connectivity index (χ0v) is 21.4. The van der Waals surface area contributed by atoms with Crippen LogP contribution < -0.4 is 16.0 Å². The third-order valence-electron chi connectivity index (χ3n) is 7.09. The maximum absolute atomic E-state index is 11.9. The molecule has 0 aromatic heterocycles. The van der Waals surface area contributed by atoms with E-state index in [1.165, 1.54) is 25.7 Å². The van der Waals surface area contributed by atoms with Crippen LogP contribution in [-0.4, -0.2) is 74.8 Å². The number of rotatable bonds is 8. The van der Waals surface area contributed by atoms with Crippen molar-refractivity contribution in [2.24, 2.45) is 10.4 Å². The lowest BCUT2D eigenvalue weighted by molar-refractivity contribution is -0.125. The first kappa shape index (κ1) is 25.6. The third-order valence-corrected chi connectivity index (χ3v) is 7.09. The topological polar surface area (TPSA) is 78.0 Å². The monoisotopic (exact) mass is 535 g/mol. The SMILES string of the molecule is CCCNC(=O)CN1CCC(NC(=NC)NC2CC(OCC)C23CCCC3)CC1.I. The number of nitrogens with one attached hydrogen (secondary N) is 3. The first-order valence-corrected chi connectivity index (χ1v) is 11.7. The Morgan fingerprint density at radius 3 is 2.47 bits per heavy atom.